The van der Waals surface area contributed by atoms with Gasteiger partial charge in [0.15, 0.2) is 6.29 Å². The Balaban J connectivity index is 1.59. The molecule has 35 heavy (non-hydrogen) atoms. The number of hydrogen-bond acceptors (Lipinski definition) is 2. The van der Waals surface area contributed by atoms with Crippen LogP contribution in [0.2, 0.25) is 0 Å². The minimum Gasteiger partial charge on any atom is -0.348 e. The summed E-state index contributed by atoms with van der Waals surface area (Å²) in [5.74, 6) is -4.29. The van der Waals surface area contributed by atoms with Crippen molar-refractivity contribution in [3.63, 3.8) is 0 Å². The lowest BCUT2D eigenvalue weighted by atomic mass is 9.97. The molecule has 0 N–H and O–H groups in total. The van der Waals surface area contributed by atoms with Crippen molar-refractivity contribution in [2.24, 2.45) is 5.92 Å². The molecular weight excluding hydrogens is 477 g/mol. The first-order valence-electron chi connectivity index (χ1n) is 10.6. The molecule has 1 heterocycles. The molecule has 1 saturated heterocycles. The van der Waals surface area contributed by atoms with Crippen molar-refractivity contribution in [3.05, 3.63) is 89.3 Å². The van der Waals surface area contributed by atoms with Crippen LogP contribution in [-0.2, 0) is 9.47 Å². The molecule has 0 aromatic heterocycles. The van der Waals surface area contributed by atoms with Gasteiger partial charge in [-0.25, -0.2) is 17.6 Å². The van der Waals surface area contributed by atoms with Gasteiger partial charge in [0.2, 0.25) is 0 Å². The Hall–Kier alpha value is -3.17. The van der Waals surface area contributed by atoms with Crippen LogP contribution in [-0.4, -0.2) is 19.4 Å². The maximum Gasteiger partial charge on any atom is 0.412 e. The first kappa shape index (κ1) is 24.9. The van der Waals surface area contributed by atoms with Gasteiger partial charge in [-0.1, -0.05) is 37.3 Å². The van der Waals surface area contributed by atoms with Crippen LogP contribution >= 0.6 is 0 Å². The zero-order chi connectivity index (χ0) is 25.3. The first-order chi connectivity index (χ1) is 16.5. The normalized spacial score (nSPS) is 19.1. The predicted molar refractivity (Wildman–Crippen MR) is 116 cm³/mol. The van der Waals surface area contributed by atoms with Crippen molar-refractivity contribution >= 4 is 5.83 Å². The average molecular weight is 496 g/mol. The van der Waals surface area contributed by atoms with E-state index in [0.717, 1.165) is 24.3 Å². The maximum absolute atomic E-state index is 14.9. The Labute approximate surface area is 196 Å². The Morgan fingerprint density at radius 2 is 1.34 bits per heavy atom. The summed E-state index contributed by atoms with van der Waals surface area (Å²) < 4.78 is 106. The molecule has 9 heteroatoms. The van der Waals surface area contributed by atoms with Gasteiger partial charge in [-0.2, -0.15) is 13.2 Å². The van der Waals surface area contributed by atoms with Crippen molar-refractivity contribution < 1.29 is 40.2 Å². The molecule has 2 nitrogen and oxygen atoms in total. The molecule has 3 aromatic carbocycles. The molecule has 0 radical (unpaired) electrons. The number of halogens is 7. The topological polar surface area (TPSA) is 18.5 Å². The van der Waals surface area contributed by atoms with Crippen molar-refractivity contribution in [2.45, 2.75) is 19.4 Å². The lowest BCUT2D eigenvalue weighted by Crippen LogP contribution is -2.25. The fraction of sp³-hybridized carbons (Fsp3) is 0.231. The highest BCUT2D eigenvalue weighted by Crippen LogP contribution is 2.34. The van der Waals surface area contributed by atoms with E-state index in [1.807, 2.05) is 6.92 Å². The van der Waals surface area contributed by atoms with E-state index in [4.69, 9.17) is 9.47 Å². The van der Waals surface area contributed by atoms with Gasteiger partial charge in [0.05, 0.1) is 19.3 Å². The van der Waals surface area contributed by atoms with Crippen LogP contribution in [0.5, 0.6) is 0 Å². The summed E-state index contributed by atoms with van der Waals surface area (Å²) in [4.78, 5) is 0. The molecule has 0 unspecified atom stereocenters. The number of benzene rings is 3. The van der Waals surface area contributed by atoms with E-state index in [-0.39, 0.29) is 28.2 Å². The fourth-order valence-corrected chi connectivity index (χ4v) is 3.72. The summed E-state index contributed by atoms with van der Waals surface area (Å²) in [7, 11) is 0. The molecule has 0 bridgehead atoms. The van der Waals surface area contributed by atoms with Gasteiger partial charge < -0.3 is 9.47 Å². The van der Waals surface area contributed by atoms with E-state index in [1.54, 1.807) is 6.07 Å². The summed E-state index contributed by atoms with van der Waals surface area (Å²) in [6, 6.07) is 10.7. The highest BCUT2D eigenvalue weighted by atomic mass is 19.4. The quantitative estimate of drug-likeness (QED) is 0.341. The van der Waals surface area contributed by atoms with Crippen LogP contribution in [0, 0.1) is 23.4 Å². The summed E-state index contributed by atoms with van der Waals surface area (Å²) in [6.45, 7) is 2.92. The second-order valence-electron chi connectivity index (χ2n) is 8.27. The summed E-state index contributed by atoms with van der Waals surface area (Å²) in [5.41, 5.74) is -0.195. The van der Waals surface area contributed by atoms with Gasteiger partial charge in [0, 0.05) is 28.2 Å². The Morgan fingerprint density at radius 3 is 1.89 bits per heavy atom. The van der Waals surface area contributed by atoms with Gasteiger partial charge in [-0.3, -0.25) is 0 Å². The third-order valence-corrected chi connectivity index (χ3v) is 5.44. The number of ether oxygens (including phenoxy) is 2. The highest BCUT2D eigenvalue weighted by Gasteiger charge is 2.26. The van der Waals surface area contributed by atoms with E-state index in [0.29, 0.717) is 18.8 Å². The molecule has 3 aromatic rings. The monoisotopic (exact) mass is 496 g/mol. The minimum absolute atomic E-state index is 0.0215. The third-order valence-electron chi connectivity index (χ3n) is 5.44. The highest BCUT2D eigenvalue weighted by molar-refractivity contribution is 5.73. The van der Waals surface area contributed by atoms with Crippen molar-refractivity contribution in [1.29, 1.82) is 0 Å². The molecule has 0 atom stereocenters. The van der Waals surface area contributed by atoms with Crippen LogP contribution in [0.1, 0.15) is 24.3 Å². The molecule has 1 fully saturated rings. The lowest BCUT2D eigenvalue weighted by Gasteiger charge is -2.27. The molecule has 0 aliphatic carbocycles. The summed E-state index contributed by atoms with van der Waals surface area (Å²) in [5, 5.41) is 0. The van der Waals surface area contributed by atoms with Gasteiger partial charge in [-0.05, 0) is 35.4 Å². The average Bonchev–Trinajstić information content (AvgIpc) is 2.78. The van der Waals surface area contributed by atoms with Crippen molar-refractivity contribution in [2.75, 3.05) is 13.2 Å². The second kappa shape index (κ2) is 9.83. The van der Waals surface area contributed by atoms with Crippen LogP contribution in [0.4, 0.5) is 30.7 Å². The second-order valence-corrected chi connectivity index (χ2v) is 8.27. The van der Waals surface area contributed by atoms with Crippen LogP contribution in [0.25, 0.3) is 28.1 Å². The SMILES string of the molecule is CC1COC(c2ccc(-c3ccc(-c4ccc(/C(F)=C/C(F)(F)F)c(F)c4)c(F)c3)c(F)c2)OC1. The van der Waals surface area contributed by atoms with E-state index >= 15 is 0 Å². The molecule has 184 valence electrons. The Kier molecular flexibility index (Phi) is 7.00. The zero-order valence-corrected chi connectivity index (χ0v) is 18.3. The largest absolute Gasteiger partial charge is 0.412 e. The number of hydrogen-bond donors (Lipinski definition) is 0. The Morgan fingerprint density at radius 1 is 0.800 bits per heavy atom. The standard InChI is InChI=1S/C26H19F7O2/c1-14-12-34-25(35-13-14)17-4-6-19(22(28)10-17)15-2-5-18(21(27)8-15)16-3-7-20(23(29)9-16)24(30)11-26(31,32)33/h2-11,14,25H,12-13H2,1H3/b24-11-. The number of rotatable bonds is 4. The van der Waals surface area contributed by atoms with Crippen LogP contribution in [0.3, 0.4) is 0 Å². The fourth-order valence-electron chi connectivity index (χ4n) is 3.72. The van der Waals surface area contributed by atoms with Gasteiger partial charge >= 0.3 is 6.18 Å². The van der Waals surface area contributed by atoms with Crippen LogP contribution in [0.15, 0.2) is 60.7 Å². The third kappa shape index (κ3) is 5.74. The molecule has 0 spiro atoms. The number of alkyl halides is 3. The summed E-state index contributed by atoms with van der Waals surface area (Å²) >= 11 is 0. The lowest BCUT2D eigenvalue weighted by molar-refractivity contribution is -0.202. The molecule has 0 saturated carbocycles. The van der Waals surface area contributed by atoms with Gasteiger partial charge in [-0.15, -0.1) is 0 Å². The molecule has 1 aliphatic heterocycles. The van der Waals surface area contributed by atoms with E-state index < -0.39 is 47.4 Å². The maximum atomic E-state index is 14.9. The van der Waals surface area contributed by atoms with Gasteiger partial charge in [0.1, 0.15) is 23.3 Å². The van der Waals surface area contributed by atoms with Gasteiger partial charge in [0.25, 0.3) is 0 Å². The molecule has 4 rings (SSSR count). The molecular formula is C26H19F7O2. The summed E-state index contributed by atoms with van der Waals surface area (Å²) in [6.07, 6.45) is -6.31. The minimum atomic E-state index is -4.96. The van der Waals surface area contributed by atoms with E-state index in [9.17, 15) is 30.7 Å². The van der Waals surface area contributed by atoms with Crippen molar-refractivity contribution in [3.8, 4) is 22.3 Å². The van der Waals surface area contributed by atoms with E-state index in [2.05, 4.69) is 0 Å². The van der Waals surface area contributed by atoms with Crippen LogP contribution < -0.4 is 0 Å². The van der Waals surface area contributed by atoms with Crippen molar-refractivity contribution in [1.82, 2.24) is 0 Å². The molecule has 0 amide bonds. The predicted octanol–water partition coefficient (Wildman–Crippen LogP) is 7.99. The Bertz CT molecular complexity index is 1260. The zero-order valence-electron chi connectivity index (χ0n) is 18.3. The van der Waals surface area contributed by atoms with E-state index in [1.165, 1.54) is 24.3 Å². The number of allylic oxidation sites excluding steroid dienone is 1. The first-order valence-corrected chi connectivity index (χ1v) is 10.6. The smallest absolute Gasteiger partial charge is 0.348 e. The molecule has 1 aliphatic rings.